The number of H-pyrrole nitrogens is 1. The van der Waals surface area contributed by atoms with Crippen LogP contribution in [0.5, 0.6) is 0 Å². The Bertz CT molecular complexity index is 630. The van der Waals surface area contributed by atoms with Gasteiger partial charge in [0.25, 0.3) is 5.91 Å². The highest BCUT2D eigenvalue weighted by atomic mass is 79.9. The second-order valence-corrected chi connectivity index (χ2v) is 7.94. The molecule has 3 heterocycles. The number of anilines is 2. The van der Waals surface area contributed by atoms with E-state index in [1.807, 2.05) is 0 Å². The van der Waals surface area contributed by atoms with E-state index in [4.69, 9.17) is 0 Å². The van der Waals surface area contributed by atoms with Crippen LogP contribution in [0.3, 0.4) is 0 Å². The quantitative estimate of drug-likeness (QED) is 0.773. The number of nitrogens with zero attached hydrogens (tertiary/aromatic N) is 3. The molecule has 0 saturated carbocycles. The Morgan fingerprint density at radius 3 is 2.76 bits per heavy atom. The molecule has 112 valence electrons. The predicted octanol–water partition coefficient (Wildman–Crippen LogP) is 3.63. The lowest BCUT2D eigenvalue weighted by atomic mass is 10.1. The summed E-state index contributed by atoms with van der Waals surface area (Å²) in [6.07, 6.45) is 3.58. The molecule has 21 heavy (non-hydrogen) atoms. The lowest BCUT2D eigenvalue weighted by Gasteiger charge is -2.24. The van der Waals surface area contributed by atoms with Gasteiger partial charge in [-0.1, -0.05) is 0 Å². The van der Waals surface area contributed by atoms with Crippen LogP contribution >= 0.6 is 43.2 Å². The zero-order valence-corrected chi connectivity index (χ0v) is 15.0. The largest absolute Gasteiger partial charge is 0.340 e. The first kappa shape index (κ1) is 15.0. The molecule has 2 aromatic rings. The number of thiophene rings is 1. The van der Waals surface area contributed by atoms with Crippen LogP contribution in [0.2, 0.25) is 0 Å². The summed E-state index contributed by atoms with van der Waals surface area (Å²) in [7, 11) is 0. The van der Waals surface area contributed by atoms with Crippen molar-refractivity contribution in [2.45, 2.75) is 19.3 Å². The van der Waals surface area contributed by atoms with Crippen molar-refractivity contribution in [1.29, 1.82) is 0 Å². The first-order valence-electron chi connectivity index (χ1n) is 6.57. The third kappa shape index (κ3) is 3.46. The molecule has 1 aliphatic rings. The summed E-state index contributed by atoms with van der Waals surface area (Å²) in [4.78, 5) is 19.2. The van der Waals surface area contributed by atoms with Crippen molar-refractivity contribution in [1.82, 2.24) is 15.2 Å². The van der Waals surface area contributed by atoms with Gasteiger partial charge in [0.15, 0.2) is 0 Å². The van der Waals surface area contributed by atoms with Crippen LogP contribution in [0.25, 0.3) is 0 Å². The number of hydrogen-bond donors (Lipinski definition) is 2. The molecule has 2 aromatic heterocycles. The summed E-state index contributed by atoms with van der Waals surface area (Å²) in [5, 5.41) is 9.67. The highest BCUT2D eigenvalue weighted by Crippen LogP contribution is 2.32. The minimum absolute atomic E-state index is 0.201. The van der Waals surface area contributed by atoms with E-state index in [1.165, 1.54) is 17.8 Å². The Labute approximate surface area is 142 Å². The molecule has 0 radical (unpaired) electrons. The number of amides is 1. The van der Waals surface area contributed by atoms with Gasteiger partial charge in [0.2, 0.25) is 11.9 Å². The Morgan fingerprint density at radius 1 is 1.33 bits per heavy atom. The maximum absolute atomic E-state index is 12.1. The number of aromatic nitrogens is 3. The fraction of sp³-hybridized carbons (Fsp3) is 0.417. The molecule has 1 saturated heterocycles. The summed E-state index contributed by atoms with van der Waals surface area (Å²) < 4.78 is 1.75. The number of rotatable bonds is 3. The zero-order valence-electron chi connectivity index (χ0n) is 11.0. The fourth-order valence-corrected chi connectivity index (χ4v) is 4.10. The number of carbonyl (C=O) groups excluding carboxylic acids is 1. The minimum atomic E-state index is -0.201. The van der Waals surface area contributed by atoms with Gasteiger partial charge >= 0.3 is 0 Å². The molecule has 3 rings (SSSR count). The van der Waals surface area contributed by atoms with Gasteiger partial charge in [-0.15, -0.1) is 16.4 Å². The van der Waals surface area contributed by atoms with Gasteiger partial charge in [-0.2, -0.15) is 4.98 Å². The van der Waals surface area contributed by atoms with Crippen molar-refractivity contribution in [3.8, 4) is 0 Å². The second-order valence-electron chi connectivity index (χ2n) is 4.72. The molecule has 0 atom stereocenters. The van der Waals surface area contributed by atoms with E-state index in [0.29, 0.717) is 16.8 Å². The zero-order chi connectivity index (χ0) is 14.8. The lowest BCUT2D eigenvalue weighted by molar-refractivity contribution is 0.102. The van der Waals surface area contributed by atoms with E-state index >= 15 is 0 Å². The SMILES string of the molecule is O=C(Nc1nc(N2CCCCC2)n[nH]1)c1cc(Br)c(Br)s1. The lowest BCUT2D eigenvalue weighted by Crippen LogP contribution is -2.30. The van der Waals surface area contributed by atoms with Gasteiger partial charge in [-0.05, 0) is 57.2 Å². The highest BCUT2D eigenvalue weighted by Gasteiger charge is 2.17. The van der Waals surface area contributed by atoms with Crippen molar-refractivity contribution in [2.75, 3.05) is 23.3 Å². The third-order valence-corrected chi connectivity index (χ3v) is 6.47. The Balaban J connectivity index is 1.67. The van der Waals surface area contributed by atoms with Gasteiger partial charge in [-0.25, -0.2) is 5.10 Å². The molecule has 0 aliphatic carbocycles. The third-order valence-electron chi connectivity index (χ3n) is 3.21. The maximum Gasteiger partial charge on any atom is 0.268 e. The van der Waals surface area contributed by atoms with Crippen LogP contribution in [0.1, 0.15) is 28.9 Å². The van der Waals surface area contributed by atoms with Gasteiger partial charge in [-0.3, -0.25) is 10.1 Å². The number of hydrogen-bond acceptors (Lipinski definition) is 5. The van der Waals surface area contributed by atoms with Gasteiger partial charge in [0.1, 0.15) is 0 Å². The normalized spacial score (nSPS) is 15.2. The molecule has 0 spiro atoms. The number of carbonyl (C=O) groups is 1. The number of nitrogens with one attached hydrogen (secondary N) is 2. The molecule has 0 unspecified atom stereocenters. The molecular formula is C12H13Br2N5OS. The topological polar surface area (TPSA) is 73.9 Å². The summed E-state index contributed by atoms with van der Waals surface area (Å²) >= 11 is 8.10. The Kier molecular flexibility index (Phi) is 4.60. The molecule has 1 fully saturated rings. The monoisotopic (exact) mass is 433 g/mol. The first-order valence-corrected chi connectivity index (χ1v) is 8.97. The summed E-state index contributed by atoms with van der Waals surface area (Å²) in [5.41, 5.74) is 0. The van der Waals surface area contributed by atoms with Gasteiger partial charge in [0, 0.05) is 17.6 Å². The highest BCUT2D eigenvalue weighted by molar-refractivity contribution is 9.13. The molecule has 1 amide bonds. The smallest absolute Gasteiger partial charge is 0.268 e. The molecule has 9 heteroatoms. The van der Waals surface area contributed by atoms with E-state index in [0.717, 1.165) is 34.2 Å². The number of piperidine rings is 1. The van der Waals surface area contributed by atoms with Crippen molar-refractivity contribution < 1.29 is 4.79 Å². The summed E-state index contributed by atoms with van der Waals surface area (Å²) in [6, 6.07) is 1.77. The predicted molar refractivity (Wildman–Crippen MR) is 90.1 cm³/mol. The van der Waals surface area contributed by atoms with E-state index in [2.05, 4.69) is 57.3 Å². The van der Waals surface area contributed by atoms with Crippen LogP contribution in [0, 0.1) is 0 Å². The molecule has 6 nitrogen and oxygen atoms in total. The average molecular weight is 435 g/mol. The van der Waals surface area contributed by atoms with Crippen LogP contribution in [-0.2, 0) is 0 Å². The van der Waals surface area contributed by atoms with Crippen LogP contribution < -0.4 is 10.2 Å². The number of halogens is 2. The standard InChI is InChI=1S/C12H13Br2N5OS/c13-7-6-8(21-9(7)14)10(20)15-11-16-12(18-17-11)19-4-2-1-3-5-19/h6H,1-5H2,(H2,15,16,17,18,20). The van der Waals surface area contributed by atoms with E-state index in [9.17, 15) is 4.79 Å². The molecule has 0 aromatic carbocycles. The first-order chi connectivity index (χ1) is 10.1. The fourth-order valence-electron chi connectivity index (χ4n) is 2.17. The molecule has 1 aliphatic heterocycles. The van der Waals surface area contributed by atoms with Crippen molar-refractivity contribution >= 4 is 61.0 Å². The second kappa shape index (κ2) is 6.45. The van der Waals surface area contributed by atoms with Gasteiger partial charge in [0.05, 0.1) is 8.66 Å². The van der Waals surface area contributed by atoms with Crippen LogP contribution in [0.15, 0.2) is 14.3 Å². The Morgan fingerprint density at radius 2 is 2.10 bits per heavy atom. The molecular weight excluding hydrogens is 422 g/mol. The van der Waals surface area contributed by atoms with Crippen LogP contribution in [-0.4, -0.2) is 34.2 Å². The van der Waals surface area contributed by atoms with Crippen LogP contribution in [0.4, 0.5) is 11.9 Å². The van der Waals surface area contributed by atoms with Crippen molar-refractivity contribution in [3.63, 3.8) is 0 Å². The molecule has 0 bridgehead atoms. The van der Waals surface area contributed by atoms with Crippen molar-refractivity contribution in [3.05, 3.63) is 19.2 Å². The Hall–Kier alpha value is -0.930. The maximum atomic E-state index is 12.1. The van der Waals surface area contributed by atoms with E-state index < -0.39 is 0 Å². The van der Waals surface area contributed by atoms with E-state index in [-0.39, 0.29) is 5.91 Å². The van der Waals surface area contributed by atoms with E-state index in [1.54, 1.807) is 6.07 Å². The van der Waals surface area contributed by atoms with Crippen molar-refractivity contribution in [2.24, 2.45) is 0 Å². The minimum Gasteiger partial charge on any atom is -0.340 e. The summed E-state index contributed by atoms with van der Waals surface area (Å²) in [5.74, 6) is 0.826. The molecule has 2 N–H and O–H groups in total. The van der Waals surface area contributed by atoms with Gasteiger partial charge < -0.3 is 4.90 Å². The summed E-state index contributed by atoms with van der Waals surface area (Å²) in [6.45, 7) is 1.94. The number of aromatic amines is 1. The average Bonchev–Trinajstić information content (AvgIpc) is 3.08.